The zero-order valence-corrected chi connectivity index (χ0v) is 14.6. The van der Waals surface area contributed by atoms with E-state index in [-0.39, 0.29) is 36.7 Å². The van der Waals surface area contributed by atoms with Gasteiger partial charge < -0.3 is 11.5 Å². The number of rotatable bonds is 1. The topological polar surface area (TPSA) is 66.0 Å². The van der Waals surface area contributed by atoms with Crippen molar-refractivity contribution in [2.45, 2.75) is 0 Å². The molecule has 0 amide bonds. The number of H-pyrrole nitrogens is 1. The van der Waals surface area contributed by atoms with E-state index in [1.807, 2.05) is 42.5 Å². The standard InChI is InChI=1S/C18H12N2O2.Na.H/c21-13-6-3-5-12(10-13)16-15-9-8-11-4-1-2-7-14(11)17(15)20-18(22)19-16;;/h1-10,21H,(H,19,20,22);;/q;+1;-1. The summed E-state index contributed by atoms with van der Waals surface area (Å²) < 4.78 is 0. The van der Waals surface area contributed by atoms with Crippen molar-refractivity contribution in [3.05, 3.63) is 71.1 Å². The number of hydrogen-bond acceptors (Lipinski definition) is 3. The molecule has 0 bridgehead atoms. The van der Waals surface area contributed by atoms with Crippen molar-refractivity contribution < 1.29 is 36.1 Å². The SMILES string of the molecule is O=c1nc(-c2cccc(O)c2)c2ccc3ccccc3c2[nH]1.[H-].[Na+]. The number of benzene rings is 3. The fourth-order valence-corrected chi connectivity index (χ4v) is 2.77. The average molecular weight is 312 g/mol. The third-order valence-electron chi connectivity index (χ3n) is 3.75. The van der Waals surface area contributed by atoms with Gasteiger partial charge in [-0.05, 0) is 17.5 Å². The maximum atomic E-state index is 12.0. The molecule has 0 aliphatic heterocycles. The minimum absolute atomic E-state index is 0. The summed E-state index contributed by atoms with van der Waals surface area (Å²) in [7, 11) is 0. The summed E-state index contributed by atoms with van der Waals surface area (Å²) in [5, 5.41) is 12.6. The van der Waals surface area contributed by atoms with Crippen LogP contribution in [0.4, 0.5) is 0 Å². The third-order valence-corrected chi connectivity index (χ3v) is 3.75. The van der Waals surface area contributed by atoms with Crippen LogP contribution in [0.3, 0.4) is 0 Å². The molecule has 0 aliphatic rings. The summed E-state index contributed by atoms with van der Waals surface area (Å²) in [5.41, 5.74) is 1.64. The second-order valence-corrected chi connectivity index (χ2v) is 5.15. The number of nitrogens with zero attached hydrogens (tertiary/aromatic N) is 1. The molecule has 108 valence electrons. The number of aromatic amines is 1. The molecule has 4 rings (SSSR count). The van der Waals surface area contributed by atoms with Gasteiger partial charge in [-0.25, -0.2) is 4.79 Å². The summed E-state index contributed by atoms with van der Waals surface area (Å²) in [6.45, 7) is 0. The number of fused-ring (bicyclic) bond motifs is 3. The van der Waals surface area contributed by atoms with Crippen LogP contribution in [0.1, 0.15) is 1.43 Å². The Morgan fingerprint density at radius 1 is 0.957 bits per heavy atom. The molecule has 5 heteroatoms. The molecule has 23 heavy (non-hydrogen) atoms. The minimum atomic E-state index is -0.401. The van der Waals surface area contributed by atoms with Crippen molar-refractivity contribution in [2.75, 3.05) is 0 Å². The molecule has 0 atom stereocenters. The molecule has 0 unspecified atom stereocenters. The van der Waals surface area contributed by atoms with Gasteiger partial charge >= 0.3 is 35.2 Å². The second-order valence-electron chi connectivity index (χ2n) is 5.15. The van der Waals surface area contributed by atoms with Crippen LogP contribution in [-0.4, -0.2) is 15.1 Å². The van der Waals surface area contributed by atoms with E-state index in [1.165, 1.54) is 0 Å². The molecule has 0 saturated heterocycles. The van der Waals surface area contributed by atoms with Gasteiger partial charge in [0, 0.05) is 16.3 Å². The van der Waals surface area contributed by atoms with Crippen molar-refractivity contribution in [3.63, 3.8) is 0 Å². The van der Waals surface area contributed by atoms with E-state index in [0.29, 0.717) is 11.3 Å². The summed E-state index contributed by atoms with van der Waals surface area (Å²) in [6, 6.07) is 18.6. The fraction of sp³-hybridized carbons (Fsp3) is 0. The predicted molar refractivity (Wildman–Crippen MR) is 88.1 cm³/mol. The summed E-state index contributed by atoms with van der Waals surface area (Å²) >= 11 is 0. The van der Waals surface area contributed by atoms with E-state index < -0.39 is 5.69 Å². The quantitative estimate of drug-likeness (QED) is 0.399. The van der Waals surface area contributed by atoms with Crippen molar-refractivity contribution in [3.8, 4) is 17.0 Å². The number of hydrogen-bond donors (Lipinski definition) is 2. The zero-order valence-electron chi connectivity index (χ0n) is 13.6. The zero-order chi connectivity index (χ0) is 15.1. The van der Waals surface area contributed by atoms with Crippen LogP contribution in [0.15, 0.2) is 65.5 Å². The van der Waals surface area contributed by atoms with Gasteiger partial charge in [0.15, 0.2) is 0 Å². The molecular weight excluding hydrogens is 299 g/mol. The van der Waals surface area contributed by atoms with E-state index in [2.05, 4.69) is 9.97 Å². The maximum Gasteiger partial charge on any atom is 1.00 e. The monoisotopic (exact) mass is 312 g/mol. The number of nitrogens with one attached hydrogen (secondary N) is 1. The van der Waals surface area contributed by atoms with E-state index in [0.717, 1.165) is 21.7 Å². The van der Waals surface area contributed by atoms with Crippen LogP contribution in [0.2, 0.25) is 0 Å². The molecule has 0 aliphatic carbocycles. The minimum Gasteiger partial charge on any atom is -1.00 e. The Balaban J connectivity index is 0.00000104. The van der Waals surface area contributed by atoms with E-state index in [1.54, 1.807) is 18.2 Å². The molecule has 4 aromatic rings. The first-order valence-corrected chi connectivity index (χ1v) is 6.93. The van der Waals surface area contributed by atoms with Gasteiger partial charge in [-0.3, -0.25) is 0 Å². The van der Waals surface area contributed by atoms with Crippen LogP contribution < -0.4 is 35.2 Å². The largest absolute Gasteiger partial charge is 1.00 e. The van der Waals surface area contributed by atoms with Crippen LogP contribution in [0.25, 0.3) is 32.9 Å². The molecule has 0 spiro atoms. The average Bonchev–Trinajstić information content (AvgIpc) is 2.54. The molecule has 2 N–H and O–H groups in total. The number of aromatic nitrogens is 2. The van der Waals surface area contributed by atoms with Gasteiger partial charge in [0.2, 0.25) is 0 Å². The van der Waals surface area contributed by atoms with E-state index >= 15 is 0 Å². The first-order chi connectivity index (χ1) is 10.7. The van der Waals surface area contributed by atoms with Gasteiger partial charge in [-0.15, -0.1) is 0 Å². The molecule has 4 nitrogen and oxygen atoms in total. The molecule has 1 heterocycles. The third kappa shape index (κ3) is 2.77. The van der Waals surface area contributed by atoms with Crippen molar-refractivity contribution in [2.24, 2.45) is 0 Å². The van der Waals surface area contributed by atoms with Gasteiger partial charge in [0.05, 0.1) is 11.2 Å². The Morgan fingerprint density at radius 2 is 1.78 bits per heavy atom. The number of phenols is 1. The Kier molecular flexibility index (Phi) is 4.22. The van der Waals surface area contributed by atoms with E-state index in [4.69, 9.17) is 0 Å². The Labute approximate surface area is 155 Å². The summed E-state index contributed by atoms with van der Waals surface area (Å²) in [6.07, 6.45) is 0. The second kappa shape index (κ2) is 6.16. The first kappa shape index (κ1) is 15.7. The normalized spacial score (nSPS) is 10.6. The Hall–Kier alpha value is -2.14. The van der Waals surface area contributed by atoms with Crippen LogP contribution in [-0.2, 0) is 0 Å². The van der Waals surface area contributed by atoms with Crippen molar-refractivity contribution >= 4 is 21.7 Å². The molecule has 0 radical (unpaired) electrons. The molecule has 0 fully saturated rings. The fourth-order valence-electron chi connectivity index (χ4n) is 2.77. The van der Waals surface area contributed by atoms with Gasteiger partial charge in [0.25, 0.3) is 0 Å². The van der Waals surface area contributed by atoms with Crippen molar-refractivity contribution in [1.82, 2.24) is 9.97 Å². The number of phenolic OH excluding ortho intramolecular Hbond substituents is 1. The first-order valence-electron chi connectivity index (χ1n) is 6.93. The molecule has 3 aromatic carbocycles. The molecule has 1 aromatic heterocycles. The Morgan fingerprint density at radius 3 is 2.61 bits per heavy atom. The molecule has 0 saturated carbocycles. The van der Waals surface area contributed by atoms with Gasteiger partial charge in [-0.1, -0.05) is 48.5 Å². The van der Waals surface area contributed by atoms with E-state index in [9.17, 15) is 9.90 Å². The predicted octanol–water partition coefficient (Wildman–Crippen LogP) is 0.565. The smallest absolute Gasteiger partial charge is 1.00 e. The Bertz CT molecular complexity index is 1080. The summed E-state index contributed by atoms with van der Waals surface area (Å²) in [5.74, 6) is 0.147. The van der Waals surface area contributed by atoms with Gasteiger partial charge in [-0.2, -0.15) is 4.98 Å². The number of aromatic hydroxyl groups is 1. The van der Waals surface area contributed by atoms with Crippen molar-refractivity contribution in [1.29, 1.82) is 0 Å². The molecular formula is C18H13N2NaO2. The van der Waals surface area contributed by atoms with Gasteiger partial charge in [0.1, 0.15) is 5.75 Å². The van der Waals surface area contributed by atoms with Crippen LogP contribution in [0.5, 0.6) is 5.75 Å². The van der Waals surface area contributed by atoms with Crippen LogP contribution in [0, 0.1) is 0 Å². The van der Waals surface area contributed by atoms with Crippen LogP contribution >= 0.6 is 0 Å². The summed E-state index contributed by atoms with van der Waals surface area (Å²) in [4.78, 5) is 18.9. The maximum absolute atomic E-state index is 12.0.